The zero-order valence-corrected chi connectivity index (χ0v) is 6.96. The highest BCUT2D eigenvalue weighted by molar-refractivity contribution is 5.45. The lowest BCUT2D eigenvalue weighted by atomic mass is 10.1. The van der Waals surface area contributed by atoms with E-state index in [4.69, 9.17) is 11.5 Å². The Bertz CT molecular complexity index is 233. The molecule has 60 valence electrons. The Balaban J connectivity index is 3.08. The number of nitrogen functional groups attached to an aromatic ring is 1. The van der Waals surface area contributed by atoms with Crippen LogP contribution in [0.3, 0.4) is 0 Å². The second-order valence-corrected chi connectivity index (χ2v) is 2.97. The first-order valence-corrected chi connectivity index (χ1v) is 3.72. The second kappa shape index (κ2) is 2.93. The van der Waals surface area contributed by atoms with E-state index in [2.05, 4.69) is 6.07 Å². The minimum Gasteiger partial charge on any atom is -0.399 e. The number of rotatable bonds is 1. The molecule has 0 saturated heterocycles. The summed E-state index contributed by atoms with van der Waals surface area (Å²) in [7, 11) is 0. The Morgan fingerprint density at radius 2 is 1.91 bits per heavy atom. The SMILES string of the molecule is Cc1cc(N)cc(C(C)N)c1. The first-order valence-electron chi connectivity index (χ1n) is 3.72. The minimum absolute atomic E-state index is 0.0669. The van der Waals surface area contributed by atoms with Gasteiger partial charge in [-0.15, -0.1) is 0 Å². The van der Waals surface area contributed by atoms with Crippen LogP contribution in [0.2, 0.25) is 0 Å². The van der Waals surface area contributed by atoms with Gasteiger partial charge in [0.2, 0.25) is 0 Å². The predicted molar refractivity (Wildman–Crippen MR) is 48.2 cm³/mol. The van der Waals surface area contributed by atoms with Crippen LogP contribution in [0.25, 0.3) is 0 Å². The molecule has 0 amide bonds. The van der Waals surface area contributed by atoms with Gasteiger partial charge in [-0.3, -0.25) is 0 Å². The van der Waals surface area contributed by atoms with E-state index in [0.717, 1.165) is 16.8 Å². The van der Waals surface area contributed by atoms with Gasteiger partial charge in [-0.1, -0.05) is 6.07 Å². The first kappa shape index (κ1) is 8.08. The third-order valence-electron chi connectivity index (χ3n) is 1.65. The molecule has 2 heteroatoms. The van der Waals surface area contributed by atoms with Crippen LogP contribution in [0.4, 0.5) is 5.69 Å². The fraction of sp³-hybridized carbons (Fsp3) is 0.333. The molecule has 1 aromatic rings. The van der Waals surface area contributed by atoms with Crippen molar-refractivity contribution in [2.75, 3.05) is 5.73 Å². The van der Waals surface area contributed by atoms with E-state index in [-0.39, 0.29) is 6.04 Å². The van der Waals surface area contributed by atoms with Crippen LogP contribution in [0.1, 0.15) is 24.1 Å². The van der Waals surface area contributed by atoms with E-state index >= 15 is 0 Å². The monoisotopic (exact) mass is 150 g/mol. The summed E-state index contributed by atoms with van der Waals surface area (Å²) >= 11 is 0. The Morgan fingerprint density at radius 3 is 2.36 bits per heavy atom. The molecule has 0 fully saturated rings. The fourth-order valence-electron chi connectivity index (χ4n) is 1.11. The van der Waals surface area contributed by atoms with Gasteiger partial charge in [-0.25, -0.2) is 0 Å². The van der Waals surface area contributed by atoms with Crippen molar-refractivity contribution in [1.29, 1.82) is 0 Å². The van der Waals surface area contributed by atoms with Gasteiger partial charge in [0.15, 0.2) is 0 Å². The van der Waals surface area contributed by atoms with Gasteiger partial charge in [0.25, 0.3) is 0 Å². The summed E-state index contributed by atoms with van der Waals surface area (Å²) in [6.45, 7) is 3.97. The van der Waals surface area contributed by atoms with Gasteiger partial charge >= 0.3 is 0 Å². The average Bonchev–Trinajstić information content (AvgIpc) is 1.85. The molecule has 0 bridgehead atoms. The van der Waals surface area contributed by atoms with Crippen LogP contribution in [0, 0.1) is 6.92 Å². The van der Waals surface area contributed by atoms with E-state index in [1.54, 1.807) is 0 Å². The minimum atomic E-state index is 0.0669. The molecule has 0 spiro atoms. The molecule has 0 saturated carbocycles. The van der Waals surface area contributed by atoms with Crippen LogP contribution in [-0.2, 0) is 0 Å². The highest BCUT2D eigenvalue weighted by atomic mass is 14.6. The van der Waals surface area contributed by atoms with Crippen LogP contribution < -0.4 is 11.5 Å². The van der Waals surface area contributed by atoms with Gasteiger partial charge in [0.1, 0.15) is 0 Å². The summed E-state index contributed by atoms with van der Waals surface area (Å²) in [5, 5.41) is 0. The van der Waals surface area contributed by atoms with Crippen molar-refractivity contribution < 1.29 is 0 Å². The van der Waals surface area contributed by atoms with Crippen molar-refractivity contribution in [2.45, 2.75) is 19.9 Å². The van der Waals surface area contributed by atoms with Crippen molar-refractivity contribution in [3.63, 3.8) is 0 Å². The highest BCUT2D eigenvalue weighted by Gasteiger charge is 1.99. The highest BCUT2D eigenvalue weighted by Crippen LogP contribution is 2.15. The molecule has 1 atom stereocenters. The fourth-order valence-corrected chi connectivity index (χ4v) is 1.11. The summed E-state index contributed by atoms with van der Waals surface area (Å²) < 4.78 is 0. The standard InChI is InChI=1S/C9H14N2/c1-6-3-8(7(2)10)5-9(11)4-6/h3-5,7H,10-11H2,1-2H3. The summed E-state index contributed by atoms with van der Waals surface area (Å²) in [5.41, 5.74) is 14.4. The molecule has 0 aliphatic rings. The van der Waals surface area contributed by atoms with E-state index in [1.165, 1.54) is 0 Å². The predicted octanol–water partition coefficient (Wildman–Crippen LogP) is 1.60. The molecular formula is C9H14N2. The Labute approximate surface area is 67.2 Å². The average molecular weight is 150 g/mol. The topological polar surface area (TPSA) is 52.0 Å². The molecule has 1 unspecified atom stereocenters. The van der Waals surface area contributed by atoms with E-state index < -0.39 is 0 Å². The van der Waals surface area contributed by atoms with E-state index in [9.17, 15) is 0 Å². The Kier molecular flexibility index (Phi) is 2.15. The maximum Gasteiger partial charge on any atom is 0.0320 e. The van der Waals surface area contributed by atoms with Gasteiger partial charge < -0.3 is 11.5 Å². The van der Waals surface area contributed by atoms with Gasteiger partial charge in [0.05, 0.1) is 0 Å². The maximum absolute atomic E-state index is 5.70. The molecule has 1 rings (SSSR count). The van der Waals surface area contributed by atoms with Crippen molar-refractivity contribution in [3.05, 3.63) is 29.3 Å². The number of benzene rings is 1. The van der Waals surface area contributed by atoms with Crippen molar-refractivity contribution in [2.24, 2.45) is 5.73 Å². The van der Waals surface area contributed by atoms with E-state index in [0.29, 0.717) is 0 Å². The second-order valence-electron chi connectivity index (χ2n) is 2.97. The lowest BCUT2D eigenvalue weighted by Gasteiger charge is -2.07. The van der Waals surface area contributed by atoms with Crippen molar-refractivity contribution >= 4 is 5.69 Å². The molecule has 1 aromatic carbocycles. The van der Waals surface area contributed by atoms with Gasteiger partial charge in [0, 0.05) is 11.7 Å². The molecule has 11 heavy (non-hydrogen) atoms. The summed E-state index contributed by atoms with van der Waals surface area (Å²) in [6.07, 6.45) is 0. The summed E-state index contributed by atoms with van der Waals surface area (Å²) in [6, 6.07) is 5.97. The lowest BCUT2D eigenvalue weighted by Crippen LogP contribution is -2.05. The molecule has 0 aliphatic carbocycles. The molecule has 0 aliphatic heterocycles. The zero-order chi connectivity index (χ0) is 8.43. The molecule has 2 nitrogen and oxygen atoms in total. The van der Waals surface area contributed by atoms with Crippen LogP contribution >= 0.6 is 0 Å². The number of anilines is 1. The van der Waals surface area contributed by atoms with Crippen LogP contribution in [0.15, 0.2) is 18.2 Å². The quantitative estimate of drug-likeness (QED) is 0.597. The lowest BCUT2D eigenvalue weighted by molar-refractivity contribution is 0.817. The molecule has 0 aromatic heterocycles. The molecular weight excluding hydrogens is 136 g/mol. The summed E-state index contributed by atoms with van der Waals surface area (Å²) in [5.74, 6) is 0. The molecule has 0 heterocycles. The van der Waals surface area contributed by atoms with Gasteiger partial charge in [-0.05, 0) is 37.1 Å². The van der Waals surface area contributed by atoms with Crippen molar-refractivity contribution in [1.82, 2.24) is 0 Å². The molecule has 0 radical (unpaired) electrons. The maximum atomic E-state index is 5.70. The number of hydrogen-bond donors (Lipinski definition) is 2. The number of nitrogens with two attached hydrogens (primary N) is 2. The largest absolute Gasteiger partial charge is 0.399 e. The third-order valence-corrected chi connectivity index (χ3v) is 1.65. The van der Waals surface area contributed by atoms with E-state index in [1.807, 2.05) is 26.0 Å². The Hall–Kier alpha value is -1.02. The van der Waals surface area contributed by atoms with Crippen LogP contribution in [0.5, 0.6) is 0 Å². The number of aryl methyl sites for hydroxylation is 1. The zero-order valence-electron chi connectivity index (χ0n) is 6.96. The molecule has 4 N–H and O–H groups in total. The normalized spacial score (nSPS) is 13.0. The van der Waals surface area contributed by atoms with Crippen LogP contribution in [-0.4, -0.2) is 0 Å². The van der Waals surface area contributed by atoms with Crippen molar-refractivity contribution in [3.8, 4) is 0 Å². The smallest absolute Gasteiger partial charge is 0.0320 e. The summed E-state index contributed by atoms with van der Waals surface area (Å²) in [4.78, 5) is 0. The first-order chi connectivity index (χ1) is 5.09. The van der Waals surface area contributed by atoms with Gasteiger partial charge in [-0.2, -0.15) is 0 Å². The third kappa shape index (κ3) is 1.95. The Morgan fingerprint density at radius 1 is 1.27 bits per heavy atom. The number of hydrogen-bond acceptors (Lipinski definition) is 2.